The minimum atomic E-state index is -3.84. The first-order valence-corrected chi connectivity index (χ1v) is 12.5. The molecule has 0 radical (unpaired) electrons. The summed E-state index contributed by atoms with van der Waals surface area (Å²) in [5.41, 5.74) is 1.59. The summed E-state index contributed by atoms with van der Waals surface area (Å²) in [6, 6.07) is 8.34. The van der Waals surface area contributed by atoms with E-state index in [1.165, 1.54) is 27.8 Å². The largest absolute Gasteiger partial charge is 0.340 e. The van der Waals surface area contributed by atoms with Crippen LogP contribution in [0.15, 0.2) is 53.0 Å². The zero-order valence-corrected chi connectivity index (χ0v) is 19.4. The third-order valence-corrected chi connectivity index (χ3v) is 8.70. The van der Waals surface area contributed by atoms with Gasteiger partial charge < -0.3 is 4.90 Å². The van der Waals surface area contributed by atoms with Gasteiger partial charge in [0.1, 0.15) is 9.90 Å². The van der Waals surface area contributed by atoms with Crippen LogP contribution in [0.3, 0.4) is 0 Å². The minimum Gasteiger partial charge on any atom is -0.340 e. The number of amides is 1. The van der Waals surface area contributed by atoms with Gasteiger partial charge in [-0.2, -0.15) is 4.31 Å². The molecule has 3 aromatic rings. The van der Waals surface area contributed by atoms with Gasteiger partial charge in [-0.25, -0.2) is 13.4 Å². The predicted molar refractivity (Wildman–Crippen MR) is 121 cm³/mol. The second-order valence-electron chi connectivity index (χ2n) is 6.90. The summed E-state index contributed by atoms with van der Waals surface area (Å²) in [6.45, 7) is 0.931. The standard InChI is InChI=1S/C20H18Cl2N4O3S2/c21-16-4-1-5-17(22)19(16)31(28,29)26-9-7-25(8-10-26)18(27)11-15-13-30-20(24-15)14-3-2-6-23-12-14/h1-6,12-13H,7-11H2. The minimum absolute atomic E-state index is 0.0824. The average molecular weight is 497 g/mol. The molecule has 0 unspecified atom stereocenters. The third kappa shape index (κ3) is 4.75. The number of carbonyl (C=O) groups is 1. The van der Waals surface area contributed by atoms with Crippen LogP contribution in [0, 0.1) is 0 Å². The van der Waals surface area contributed by atoms with E-state index in [0.717, 1.165) is 10.6 Å². The van der Waals surface area contributed by atoms with Crippen molar-refractivity contribution in [3.05, 3.63) is 63.8 Å². The fourth-order valence-corrected chi connectivity index (χ4v) is 6.64. The normalized spacial score (nSPS) is 15.2. The Labute approximate surface area is 194 Å². The molecule has 11 heteroatoms. The number of rotatable bonds is 5. The Morgan fingerprint density at radius 3 is 2.42 bits per heavy atom. The number of aromatic nitrogens is 2. The van der Waals surface area contributed by atoms with Crippen molar-refractivity contribution >= 4 is 50.5 Å². The summed E-state index contributed by atoms with van der Waals surface area (Å²) in [7, 11) is -3.84. The van der Waals surface area contributed by atoms with Crippen LogP contribution in [0.1, 0.15) is 5.69 Å². The summed E-state index contributed by atoms with van der Waals surface area (Å²) in [5, 5.41) is 2.83. The number of hydrogen-bond donors (Lipinski definition) is 0. The smallest absolute Gasteiger partial charge is 0.246 e. The van der Waals surface area contributed by atoms with E-state index < -0.39 is 10.0 Å². The van der Waals surface area contributed by atoms with Crippen LogP contribution in [0.25, 0.3) is 10.6 Å². The van der Waals surface area contributed by atoms with E-state index in [2.05, 4.69) is 9.97 Å². The lowest BCUT2D eigenvalue weighted by Gasteiger charge is -2.34. The van der Waals surface area contributed by atoms with E-state index in [4.69, 9.17) is 23.2 Å². The maximum absolute atomic E-state index is 13.0. The second kappa shape index (κ2) is 9.22. The molecule has 7 nitrogen and oxygen atoms in total. The zero-order chi connectivity index (χ0) is 22.0. The number of halogens is 2. The SMILES string of the molecule is O=C(Cc1csc(-c2cccnc2)n1)N1CCN(S(=O)(=O)c2c(Cl)cccc2Cl)CC1. The van der Waals surface area contributed by atoms with E-state index in [1.54, 1.807) is 23.4 Å². The Hall–Kier alpha value is -2.04. The maximum atomic E-state index is 13.0. The number of hydrogen-bond acceptors (Lipinski definition) is 6. The lowest BCUT2D eigenvalue weighted by Crippen LogP contribution is -2.50. The molecule has 1 fully saturated rings. The number of pyridine rings is 1. The van der Waals surface area contributed by atoms with E-state index in [9.17, 15) is 13.2 Å². The van der Waals surface area contributed by atoms with Crippen molar-refractivity contribution in [1.29, 1.82) is 0 Å². The first-order valence-electron chi connectivity index (χ1n) is 9.43. The van der Waals surface area contributed by atoms with Gasteiger partial charge in [0.15, 0.2) is 0 Å². The molecule has 1 aromatic carbocycles. The van der Waals surface area contributed by atoms with Crippen molar-refractivity contribution in [3.63, 3.8) is 0 Å². The van der Waals surface area contributed by atoms with Crippen molar-refractivity contribution in [1.82, 2.24) is 19.2 Å². The van der Waals surface area contributed by atoms with Crippen molar-refractivity contribution in [2.45, 2.75) is 11.3 Å². The molecule has 1 aliphatic heterocycles. The Kier molecular flexibility index (Phi) is 6.59. The van der Waals surface area contributed by atoms with Crippen molar-refractivity contribution in [2.75, 3.05) is 26.2 Å². The first-order chi connectivity index (χ1) is 14.9. The Morgan fingerprint density at radius 1 is 1.06 bits per heavy atom. The Balaban J connectivity index is 1.39. The van der Waals surface area contributed by atoms with E-state index in [0.29, 0.717) is 18.8 Å². The molecular weight excluding hydrogens is 479 g/mol. The fraction of sp³-hybridized carbons (Fsp3) is 0.250. The number of carbonyl (C=O) groups excluding carboxylic acids is 1. The highest BCUT2D eigenvalue weighted by Crippen LogP contribution is 2.32. The number of thiazole rings is 1. The Bertz CT molecular complexity index is 1170. The number of benzene rings is 1. The van der Waals surface area contributed by atoms with Crippen molar-refractivity contribution in [3.8, 4) is 10.6 Å². The average Bonchev–Trinajstić information content (AvgIpc) is 3.22. The molecule has 0 bridgehead atoms. The summed E-state index contributed by atoms with van der Waals surface area (Å²) < 4.78 is 27.3. The maximum Gasteiger partial charge on any atom is 0.246 e. The topological polar surface area (TPSA) is 83.5 Å². The number of piperazine rings is 1. The molecule has 1 aliphatic rings. The number of nitrogens with zero attached hydrogens (tertiary/aromatic N) is 4. The third-order valence-electron chi connectivity index (χ3n) is 4.90. The zero-order valence-electron chi connectivity index (χ0n) is 16.2. The molecule has 1 amide bonds. The molecule has 0 atom stereocenters. The lowest BCUT2D eigenvalue weighted by atomic mass is 10.2. The highest BCUT2D eigenvalue weighted by Gasteiger charge is 2.33. The van der Waals surface area contributed by atoms with Gasteiger partial charge >= 0.3 is 0 Å². The second-order valence-corrected chi connectivity index (χ2v) is 10.4. The number of sulfonamides is 1. The summed E-state index contributed by atoms with van der Waals surface area (Å²) in [5.74, 6) is -0.0872. The van der Waals surface area contributed by atoms with Gasteiger partial charge in [-0.05, 0) is 24.3 Å². The first kappa shape index (κ1) is 22.2. The molecule has 0 spiro atoms. The monoisotopic (exact) mass is 496 g/mol. The van der Waals surface area contributed by atoms with Gasteiger partial charge in [0, 0.05) is 49.5 Å². The lowest BCUT2D eigenvalue weighted by molar-refractivity contribution is -0.131. The van der Waals surface area contributed by atoms with Crippen LogP contribution in [-0.2, 0) is 21.2 Å². The quantitative estimate of drug-likeness (QED) is 0.538. The van der Waals surface area contributed by atoms with Crippen LogP contribution < -0.4 is 0 Å². The van der Waals surface area contributed by atoms with E-state index >= 15 is 0 Å². The molecule has 0 N–H and O–H groups in total. The van der Waals surface area contributed by atoms with Gasteiger partial charge in [-0.1, -0.05) is 29.3 Å². The van der Waals surface area contributed by atoms with E-state index in [1.807, 2.05) is 17.5 Å². The van der Waals surface area contributed by atoms with Crippen LogP contribution in [0.5, 0.6) is 0 Å². The van der Waals surface area contributed by atoms with Gasteiger partial charge in [0.05, 0.1) is 22.2 Å². The molecule has 3 heterocycles. The molecule has 1 saturated heterocycles. The predicted octanol–water partition coefficient (Wildman–Crippen LogP) is 3.59. The van der Waals surface area contributed by atoms with E-state index in [-0.39, 0.29) is 40.4 Å². The summed E-state index contributed by atoms with van der Waals surface area (Å²) in [6.07, 6.45) is 3.59. The molecule has 2 aromatic heterocycles. The van der Waals surface area contributed by atoms with Crippen LogP contribution in [-0.4, -0.2) is 59.7 Å². The van der Waals surface area contributed by atoms with Crippen molar-refractivity contribution in [2.24, 2.45) is 0 Å². The molecule has 162 valence electrons. The summed E-state index contributed by atoms with van der Waals surface area (Å²) in [4.78, 5) is 22.9. The van der Waals surface area contributed by atoms with Gasteiger partial charge in [-0.3, -0.25) is 9.78 Å². The summed E-state index contributed by atoms with van der Waals surface area (Å²) >= 11 is 13.6. The Morgan fingerprint density at radius 2 is 1.77 bits per heavy atom. The van der Waals surface area contributed by atoms with Crippen molar-refractivity contribution < 1.29 is 13.2 Å². The van der Waals surface area contributed by atoms with Crippen LogP contribution in [0.2, 0.25) is 10.0 Å². The molecule has 0 saturated carbocycles. The fourth-order valence-electron chi connectivity index (χ4n) is 3.31. The molecule has 4 rings (SSSR count). The van der Waals surface area contributed by atoms with Gasteiger partial charge in [0.2, 0.25) is 15.9 Å². The molecule has 31 heavy (non-hydrogen) atoms. The van der Waals surface area contributed by atoms with Crippen LogP contribution >= 0.6 is 34.5 Å². The molecular formula is C20H18Cl2N4O3S2. The molecule has 0 aliphatic carbocycles. The highest BCUT2D eigenvalue weighted by molar-refractivity contribution is 7.89. The van der Waals surface area contributed by atoms with Gasteiger partial charge in [-0.15, -0.1) is 11.3 Å². The highest BCUT2D eigenvalue weighted by atomic mass is 35.5. The van der Waals surface area contributed by atoms with Crippen LogP contribution in [0.4, 0.5) is 0 Å². The van der Waals surface area contributed by atoms with Gasteiger partial charge in [0.25, 0.3) is 0 Å².